The Hall–Kier alpha value is -1.84. The second kappa shape index (κ2) is 4.35. The maximum Gasteiger partial charge on any atom is 0.146 e. The lowest BCUT2D eigenvalue weighted by Crippen LogP contribution is -2.00. The van der Waals surface area contributed by atoms with E-state index in [1.807, 2.05) is 26.2 Å². The van der Waals surface area contributed by atoms with Crippen molar-refractivity contribution in [1.29, 1.82) is 0 Å². The largest absolute Gasteiger partial charge is 0.378 e. The summed E-state index contributed by atoms with van der Waals surface area (Å²) in [6, 6.07) is 5.15. The Morgan fingerprint density at radius 2 is 2.25 bits per heavy atom. The molecule has 0 bridgehead atoms. The molecule has 3 nitrogen and oxygen atoms in total. The van der Waals surface area contributed by atoms with Crippen molar-refractivity contribution in [3.05, 3.63) is 47.5 Å². The highest BCUT2D eigenvalue weighted by atomic mass is 19.1. The van der Waals surface area contributed by atoms with Gasteiger partial charge in [0.05, 0.1) is 11.9 Å². The fourth-order valence-corrected chi connectivity index (χ4v) is 1.52. The third-order valence-electron chi connectivity index (χ3n) is 2.37. The van der Waals surface area contributed by atoms with Gasteiger partial charge >= 0.3 is 0 Å². The molecule has 1 heterocycles. The van der Waals surface area contributed by atoms with E-state index in [9.17, 15) is 4.39 Å². The Morgan fingerprint density at radius 1 is 1.44 bits per heavy atom. The Labute approximate surface area is 93.9 Å². The highest BCUT2D eigenvalue weighted by molar-refractivity contribution is 5.46. The molecule has 0 unspecified atom stereocenters. The Bertz CT molecular complexity index is 491. The number of hydrogen-bond acceptors (Lipinski definition) is 2. The summed E-state index contributed by atoms with van der Waals surface area (Å²) in [4.78, 5) is 0. The Morgan fingerprint density at radius 3 is 2.88 bits per heavy atom. The number of aromatic nitrogens is 2. The molecule has 0 aliphatic heterocycles. The van der Waals surface area contributed by atoms with Gasteiger partial charge in [-0.05, 0) is 24.6 Å². The smallest absolute Gasteiger partial charge is 0.146 e. The molecule has 0 saturated heterocycles. The van der Waals surface area contributed by atoms with Crippen LogP contribution in [0.3, 0.4) is 0 Å². The van der Waals surface area contributed by atoms with Crippen LogP contribution in [0.1, 0.15) is 11.1 Å². The van der Waals surface area contributed by atoms with Gasteiger partial charge in [-0.15, -0.1) is 0 Å². The van der Waals surface area contributed by atoms with Crippen LogP contribution in [-0.4, -0.2) is 9.78 Å². The summed E-state index contributed by atoms with van der Waals surface area (Å²) < 4.78 is 15.2. The van der Waals surface area contributed by atoms with Gasteiger partial charge in [-0.1, -0.05) is 6.07 Å². The molecular formula is C12H14FN3. The molecule has 0 spiro atoms. The van der Waals surface area contributed by atoms with Crippen LogP contribution in [0.5, 0.6) is 0 Å². The highest BCUT2D eigenvalue weighted by Crippen LogP contribution is 2.16. The minimum absolute atomic E-state index is 0.219. The van der Waals surface area contributed by atoms with E-state index in [0.29, 0.717) is 12.2 Å². The summed E-state index contributed by atoms with van der Waals surface area (Å²) in [5.74, 6) is -0.219. The lowest BCUT2D eigenvalue weighted by atomic mass is 10.2. The van der Waals surface area contributed by atoms with Gasteiger partial charge < -0.3 is 5.32 Å². The van der Waals surface area contributed by atoms with Crippen LogP contribution in [0.2, 0.25) is 0 Å². The second-order valence-corrected chi connectivity index (χ2v) is 3.86. The van der Waals surface area contributed by atoms with Gasteiger partial charge in [0.1, 0.15) is 5.82 Å². The second-order valence-electron chi connectivity index (χ2n) is 3.86. The molecule has 0 radical (unpaired) electrons. The molecule has 2 aromatic rings. The molecule has 0 aliphatic rings. The van der Waals surface area contributed by atoms with Crippen molar-refractivity contribution >= 4 is 5.69 Å². The summed E-state index contributed by atoms with van der Waals surface area (Å²) in [5, 5.41) is 7.09. The molecule has 0 fully saturated rings. The van der Waals surface area contributed by atoms with Gasteiger partial charge in [0.25, 0.3) is 0 Å². The minimum atomic E-state index is -0.219. The van der Waals surface area contributed by atoms with E-state index in [-0.39, 0.29) is 5.82 Å². The van der Waals surface area contributed by atoms with E-state index in [1.165, 1.54) is 6.07 Å². The molecular weight excluding hydrogens is 205 g/mol. The first-order chi connectivity index (χ1) is 7.65. The first kappa shape index (κ1) is 10.7. The standard InChI is InChI=1S/C12H14FN3/c1-9-3-4-12(11(13)5-9)14-6-10-7-15-16(2)8-10/h3-5,7-8,14H,6H2,1-2H3. The van der Waals surface area contributed by atoms with Gasteiger partial charge in [0, 0.05) is 25.4 Å². The van der Waals surface area contributed by atoms with Crippen molar-refractivity contribution in [2.75, 3.05) is 5.32 Å². The summed E-state index contributed by atoms with van der Waals surface area (Å²) in [6.45, 7) is 2.45. The van der Waals surface area contributed by atoms with Crippen molar-refractivity contribution in [2.24, 2.45) is 7.05 Å². The molecule has 0 amide bonds. The van der Waals surface area contributed by atoms with Crippen molar-refractivity contribution in [3.63, 3.8) is 0 Å². The number of anilines is 1. The van der Waals surface area contributed by atoms with Crippen molar-refractivity contribution in [2.45, 2.75) is 13.5 Å². The fourth-order valence-electron chi connectivity index (χ4n) is 1.52. The minimum Gasteiger partial charge on any atom is -0.378 e. The zero-order valence-corrected chi connectivity index (χ0v) is 9.37. The van der Waals surface area contributed by atoms with E-state index in [1.54, 1.807) is 16.9 Å². The lowest BCUT2D eigenvalue weighted by molar-refractivity contribution is 0.629. The molecule has 1 aromatic carbocycles. The molecule has 1 N–H and O–H groups in total. The quantitative estimate of drug-likeness (QED) is 0.859. The Kier molecular flexibility index (Phi) is 2.90. The van der Waals surface area contributed by atoms with Crippen LogP contribution in [-0.2, 0) is 13.6 Å². The van der Waals surface area contributed by atoms with Crippen LogP contribution in [0, 0.1) is 12.7 Å². The van der Waals surface area contributed by atoms with E-state index in [0.717, 1.165) is 11.1 Å². The maximum absolute atomic E-state index is 13.5. The predicted octanol–water partition coefficient (Wildman–Crippen LogP) is 2.48. The average Bonchev–Trinajstić information content (AvgIpc) is 2.63. The average molecular weight is 219 g/mol. The molecule has 1 aromatic heterocycles. The zero-order valence-electron chi connectivity index (χ0n) is 9.37. The molecule has 4 heteroatoms. The molecule has 0 aliphatic carbocycles. The van der Waals surface area contributed by atoms with Gasteiger partial charge in [-0.25, -0.2) is 4.39 Å². The maximum atomic E-state index is 13.5. The first-order valence-electron chi connectivity index (χ1n) is 5.13. The van der Waals surface area contributed by atoms with E-state index in [4.69, 9.17) is 0 Å². The first-order valence-corrected chi connectivity index (χ1v) is 5.13. The van der Waals surface area contributed by atoms with Crippen molar-refractivity contribution < 1.29 is 4.39 Å². The number of nitrogens with zero attached hydrogens (tertiary/aromatic N) is 2. The number of nitrogens with one attached hydrogen (secondary N) is 1. The highest BCUT2D eigenvalue weighted by Gasteiger charge is 2.02. The van der Waals surface area contributed by atoms with Gasteiger partial charge in [-0.3, -0.25) is 4.68 Å². The van der Waals surface area contributed by atoms with E-state index in [2.05, 4.69) is 10.4 Å². The van der Waals surface area contributed by atoms with Gasteiger partial charge in [0.15, 0.2) is 0 Å². The predicted molar refractivity (Wildman–Crippen MR) is 61.7 cm³/mol. The summed E-state index contributed by atoms with van der Waals surface area (Å²) in [6.07, 6.45) is 3.66. The number of hydrogen-bond donors (Lipinski definition) is 1. The molecule has 0 atom stereocenters. The topological polar surface area (TPSA) is 29.9 Å². The number of benzene rings is 1. The lowest BCUT2D eigenvalue weighted by Gasteiger charge is -2.06. The number of rotatable bonds is 3. The summed E-state index contributed by atoms with van der Waals surface area (Å²) in [5.41, 5.74) is 2.47. The van der Waals surface area contributed by atoms with Crippen molar-refractivity contribution in [3.8, 4) is 0 Å². The van der Waals surface area contributed by atoms with E-state index >= 15 is 0 Å². The normalized spacial score (nSPS) is 10.4. The van der Waals surface area contributed by atoms with Gasteiger partial charge in [-0.2, -0.15) is 5.10 Å². The SMILES string of the molecule is Cc1ccc(NCc2cnn(C)c2)c(F)c1. The van der Waals surface area contributed by atoms with Crippen LogP contribution in [0.15, 0.2) is 30.6 Å². The monoisotopic (exact) mass is 219 g/mol. The molecule has 16 heavy (non-hydrogen) atoms. The van der Waals surface area contributed by atoms with Crippen LogP contribution < -0.4 is 5.32 Å². The van der Waals surface area contributed by atoms with Crippen LogP contribution in [0.25, 0.3) is 0 Å². The molecule has 0 saturated carbocycles. The van der Waals surface area contributed by atoms with Gasteiger partial charge in [0.2, 0.25) is 0 Å². The zero-order chi connectivity index (χ0) is 11.5. The number of halogens is 1. The fraction of sp³-hybridized carbons (Fsp3) is 0.250. The third kappa shape index (κ3) is 2.39. The van der Waals surface area contributed by atoms with Crippen molar-refractivity contribution in [1.82, 2.24) is 9.78 Å². The van der Waals surface area contributed by atoms with Crippen LogP contribution >= 0.6 is 0 Å². The third-order valence-corrected chi connectivity index (χ3v) is 2.37. The Balaban J connectivity index is 2.04. The summed E-state index contributed by atoms with van der Waals surface area (Å²) >= 11 is 0. The number of aryl methyl sites for hydroxylation is 2. The molecule has 2 rings (SSSR count). The molecule has 84 valence electrons. The van der Waals surface area contributed by atoms with E-state index < -0.39 is 0 Å². The van der Waals surface area contributed by atoms with Crippen LogP contribution in [0.4, 0.5) is 10.1 Å². The summed E-state index contributed by atoms with van der Waals surface area (Å²) in [7, 11) is 1.86.